The van der Waals surface area contributed by atoms with Crippen LogP contribution in [0.2, 0.25) is 0 Å². The maximum absolute atomic E-state index is 13.0. The number of fused-ring (bicyclic) bond motifs is 8. The van der Waals surface area contributed by atoms with Gasteiger partial charge in [-0.2, -0.15) is 0 Å². The zero-order chi connectivity index (χ0) is 20.0. The van der Waals surface area contributed by atoms with E-state index in [0.717, 1.165) is 11.1 Å². The first-order valence-electron chi connectivity index (χ1n) is 9.61. The van der Waals surface area contributed by atoms with Crippen LogP contribution in [0.1, 0.15) is 11.1 Å². The van der Waals surface area contributed by atoms with Crippen molar-refractivity contribution in [2.45, 2.75) is 11.1 Å². The van der Waals surface area contributed by atoms with Crippen LogP contribution in [-0.4, -0.2) is 23.6 Å². The van der Waals surface area contributed by atoms with Gasteiger partial charge in [0.05, 0.1) is 34.7 Å². The summed E-state index contributed by atoms with van der Waals surface area (Å²) in [6.45, 7) is 0. The maximum Gasteiger partial charge on any atom is 0.232 e. The number of rotatable bonds is 2. The van der Waals surface area contributed by atoms with E-state index in [2.05, 4.69) is 16.0 Å². The highest BCUT2D eigenvalue weighted by atomic mass is 16.2. The number of amides is 4. The number of benzene rings is 2. The van der Waals surface area contributed by atoms with Crippen LogP contribution in [-0.2, 0) is 30.3 Å². The Morgan fingerprint density at radius 1 is 0.517 bits per heavy atom. The molecule has 4 aliphatic heterocycles. The van der Waals surface area contributed by atoms with Gasteiger partial charge in [-0.1, -0.05) is 60.7 Å². The monoisotopic (exact) mass is 387 g/mol. The fourth-order valence-electron chi connectivity index (χ4n) is 6.37. The molecule has 4 amide bonds. The van der Waals surface area contributed by atoms with Crippen molar-refractivity contribution in [3.8, 4) is 0 Å². The molecule has 2 bridgehead atoms. The largest absolute Gasteiger partial charge is 0.296 e. The number of hydrogen-bond donors (Lipinski definition) is 3. The zero-order valence-corrected chi connectivity index (χ0v) is 15.2. The van der Waals surface area contributed by atoms with E-state index >= 15 is 0 Å². The highest BCUT2D eigenvalue weighted by Gasteiger charge is 2.84. The first-order valence-corrected chi connectivity index (χ1v) is 9.61. The third kappa shape index (κ3) is 1.69. The lowest BCUT2D eigenvalue weighted by Crippen LogP contribution is -2.52. The molecule has 4 saturated heterocycles. The smallest absolute Gasteiger partial charge is 0.232 e. The van der Waals surface area contributed by atoms with Crippen LogP contribution in [0.5, 0.6) is 0 Å². The molecule has 2 aromatic rings. The van der Waals surface area contributed by atoms with Crippen LogP contribution >= 0.6 is 0 Å². The van der Waals surface area contributed by atoms with Crippen LogP contribution in [0.15, 0.2) is 60.7 Å². The molecule has 0 radical (unpaired) electrons. The van der Waals surface area contributed by atoms with Gasteiger partial charge in [-0.3, -0.25) is 35.1 Å². The first kappa shape index (κ1) is 16.6. The molecule has 144 valence electrons. The molecule has 4 fully saturated rings. The number of hydrogen-bond acceptors (Lipinski definition) is 5. The quantitative estimate of drug-likeness (QED) is 0.638. The average molecular weight is 387 g/mol. The number of carbonyl (C=O) groups is 4. The van der Waals surface area contributed by atoms with Crippen LogP contribution in [0.4, 0.5) is 0 Å². The Morgan fingerprint density at radius 2 is 0.828 bits per heavy atom. The van der Waals surface area contributed by atoms with E-state index in [4.69, 9.17) is 0 Å². The Bertz CT molecular complexity index is 970. The van der Waals surface area contributed by atoms with Crippen molar-refractivity contribution in [3.05, 3.63) is 71.8 Å². The Labute approximate surface area is 165 Å². The van der Waals surface area contributed by atoms with Crippen LogP contribution < -0.4 is 16.0 Å². The number of carbonyl (C=O) groups excluding carboxylic acids is 4. The summed E-state index contributed by atoms with van der Waals surface area (Å²) in [5.74, 6) is -4.74. The Kier molecular flexibility index (Phi) is 2.97. The third-order valence-electron chi connectivity index (χ3n) is 7.17. The van der Waals surface area contributed by atoms with Crippen LogP contribution in [0.3, 0.4) is 0 Å². The van der Waals surface area contributed by atoms with E-state index in [1.807, 2.05) is 60.7 Å². The summed E-state index contributed by atoms with van der Waals surface area (Å²) >= 11 is 0. The SMILES string of the molecule is O=C1NC(=O)C2C1C1(c3ccccc3)NC2(c2ccccc2)C2C(=O)NC(=O)C21. The summed E-state index contributed by atoms with van der Waals surface area (Å²) in [6.07, 6.45) is 0. The second-order valence-electron chi connectivity index (χ2n) is 8.21. The molecule has 0 aromatic heterocycles. The third-order valence-corrected chi connectivity index (χ3v) is 7.17. The minimum atomic E-state index is -1.14. The van der Waals surface area contributed by atoms with E-state index in [1.54, 1.807) is 0 Å². The molecular formula is C22H17N3O4. The van der Waals surface area contributed by atoms with Gasteiger partial charge in [0.25, 0.3) is 0 Å². The number of nitrogens with one attached hydrogen (secondary N) is 3. The molecule has 0 aliphatic carbocycles. The van der Waals surface area contributed by atoms with Crippen molar-refractivity contribution in [1.29, 1.82) is 0 Å². The van der Waals surface area contributed by atoms with Crippen molar-refractivity contribution < 1.29 is 19.2 Å². The van der Waals surface area contributed by atoms with Gasteiger partial charge in [0.2, 0.25) is 23.6 Å². The van der Waals surface area contributed by atoms with E-state index in [1.165, 1.54) is 0 Å². The molecule has 2 aromatic carbocycles. The Hall–Kier alpha value is -3.32. The standard InChI is InChI=1S/C22H17N3O4/c26-17-13-15(19(28)23-17)22(12-9-5-2-6-10-12)16-14(18(27)24-20(16)29)21(13,25-22)11-7-3-1-4-8-11/h1-10,13-16,25H,(H,23,26,28)(H,24,27,29). The molecule has 7 heteroatoms. The molecule has 0 saturated carbocycles. The molecule has 0 spiro atoms. The first-order chi connectivity index (χ1) is 14.0. The summed E-state index contributed by atoms with van der Waals surface area (Å²) in [4.78, 5) is 52.0. The summed E-state index contributed by atoms with van der Waals surface area (Å²) < 4.78 is 0. The molecule has 7 nitrogen and oxygen atoms in total. The van der Waals surface area contributed by atoms with Gasteiger partial charge in [0.15, 0.2) is 0 Å². The molecule has 6 rings (SSSR count). The predicted octanol–water partition coefficient (Wildman–Crippen LogP) is 0.172. The minimum Gasteiger partial charge on any atom is -0.296 e. The van der Waals surface area contributed by atoms with Gasteiger partial charge in [-0.15, -0.1) is 0 Å². The highest BCUT2D eigenvalue weighted by molar-refractivity contribution is 6.13. The second-order valence-corrected chi connectivity index (χ2v) is 8.21. The zero-order valence-electron chi connectivity index (χ0n) is 15.2. The lowest BCUT2D eigenvalue weighted by atomic mass is 9.55. The van der Waals surface area contributed by atoms with Gasteiger partial charge < -0.3 is 0 Å². The lowest BCUT2D eigenvalue weighted by molar-refractivity contribution is -0.133. The van der Waals surface area contributed by atoms with Crippen molar-refractivity contribution in [3.63, 3.8) is 0 Å². The van der Waals surface area contributed by atoms with Crippen molar-refractivity contribution >= 4 is 23.6 Å². The van der Waals surface area contributed by atoms with Gasteiger partial charge in [-0.25, -0.2) is 0 Å². The lowest BCUT2D eigenvalue weighted by Gasteiger charge is -2.40. The minimum absolute atomic E-state index is 0.403. The maximum atomic E-state index is 13.0. The Balaban J connectivity index is 1.72. The van der Waals surface area contributed by atoms with Crippen LogP contribution in [0, 0.1) is 23.7 Å². The molecule has 29 heavy (non-hydrogen) atoms. The van der Waals surface area contributed by atoms with Crippen molar-refractivity contribution in [1.82, 2.24) is 16.0 Å². The van der Waals surface area contributed by atoms with Gasteiger partial charge >= 0.3 is 0 Å². The fourth-order valence-corrected chi connectivity index (χ4v) is 6.37. The number of imide groups is 2. The molecule has 4 unspecified atom stereocenters. The highest BCUT2D eigenvalue weighted by Crippen LogP contribution is 2.68. The molecule has 4 atom stereocenters. The second kappa shape index (κ2) is 5.18. The summed E-state index contributed by atoms with van der Waals surface area (Å²) in [5, 5.41) is 8.48. The summed E-state index contributed by atoms with van der Waals surface area (Å²) in [5.41, 5.74) is -0.817. The molecule has 3 N–H and O–H groups in total. The molecule has 4 aliphatic rings. The van der Waals surface area contributed by atoms with Crippen LogP contribution in [0.25, 0.3) is 0 Å². The Morgan fingerprint density at radius 3 is 1.14 bits per heavy atom. The van der Waals surface area contributed by atoms with Crippen molar-refractivity contribution in [2.75, 3.05) is 0 Å². The summed E-state index contributed by atoms with van der Waals surface area (Å²) in [6, 6.07) is 18.4. The normalized spacial score (nSPS) is 39.3. The molecule has 4 heterocycles. The predicted molar refractivity (Wildman–Crippen MR) is 99.6 cm³/mol. The van der Waals surface area contributed by atoms with E-state index in [-0.39, 0.29) is 0 Å². The fraction of sp³-hybridized carbons (Fsp3) is 0.273. The van der Waals surface area contributed by atoms with E-state index < -0.39 is 58.4 Å². The average Bonchev–Trinajstić information content (AvgIpc) is 3.42. The van der Waals surface area contributed by atoms with Crippen molar-refractivity contribution in [2.24, 2.45) is 23.7 Å². The van der Waals surface area contributed by atoms with Gasteiger partial charge in [-0.05, 0) is 11.1 Å². The summed E-state index contributed by atoms with van der Waals surface area (Å²) in [7, 11) is 0. The van der Waals surface area contributed by atoms with E-state index in [9.17, 15) is 19.2 Å². The molecular weight excluding hydrogens is 370 g/mol. The van der Waals surface area contributed by atoms with Gasteiger partial charge in [0, 0.05) is 0 Å². The topological polar surface area (TPSA) is 104 Å². The van der Waals surface area contributed by atoms with Gasteiger partial charge in [0.1, 0.15) is 0 Å². The van der Waals surface area contributed by atoms with E-state index in [0.29, 0.717) is 0 Å².